The first-order valence-electron chi connectivity index (χ1n) is 7.86. The molecule has 2 aromatic rings. The summed E-state index contributed by atoms with van der Waals surface area (Å²) in [6.07, 6.45) is 1.77. The first kappa shape index (κ1) is 17.0. The standard InChI is InChI=1S/C19H18N2O3S/c1-3-24-16-10-6-14(7-11-16)21-18(22)17(20-19(21)25)12-13-4-8-15(23-2)9-5-13/h4-12H,3H2,1-2H3,(H,20,25). The predicted molar refractivity (Wildman–Crippen MR) is 102 cm³/mol. The molecule has 0 spiro atoms. The van der Waals surface area contributed by atoms with Gasteiger partial charge in [-0.1, -0.05) is 12.1 Å². The number of nitrogens with one attached hydrogen (secondary N) is 1. The van der Waals surface area contributed by atoms with E-state index in [9.17, 15) is 4.79 Å². The van der Waals surface area contributed by atoms with Crippen LogP contribution in [0, 0.1) is 0 Å². The van der Waals surface area contributed by atoms with Gasteiger partial charge in [-0.05, 0) is 67.2 Å². The van der Waals surface area contributed by atoms with Crippen LogP contribution in [0.5, 0.6) is 11.5 Å². The lowest BCUT2D eigenvalue weighted by Crippen LogP contribution is -2.30. The maximum Gasteiger partial charge on any atom is 0.281 e. The van der Waals surface area contributed by atoms with Crippen molar-refractivity contribution < 1.29 is 14.3 Å². The van der Waals surface area contributed by atoms with Gasteiger partial charge in [0.25, 0.3) is 5.91 Å². The van der Waals surface area contributed by atoms with E-state index in [0.29, 0.717) is 23.1 Å². The third kappa shape index (κ3) is 3.64. The van der Waals surface area contributed by atoms with E-state index in [-0.39, 0.29) is 5.91 Å². The molecule has 6 heteroatoms. The maximum absolute atomic E-state index is 12.7. The van der Waals surface area contributed by atoms with Crippen molar-refractivity contribution in [3.63, 3.8) is 0 Å². The van der Waals surface area contributed by atoms with Crippen molar-refractivity contribution in [2.24, 2.45) is 0 Å². The third-order valence-electron chi connectivity index (χ3n) is 3.71. The first-order valence-corrected chi connectivity index (χ1v) is 8.27. The van der Waals surface area contributed by atoms with Crippen LogP contribution >= 0.6 is 12.2 Å². The quantitative estimate of drug-likeness (QED) is 0.659. The largest absolute Gasteiger partial charge is 0.497 e. The van der Waals surface area contributed by atoms with E-state index in [1.54, 1.807) is 13.2 Å². The summed E-state index contributed by atoms with van der Waals surface area (Å²) in [4.78, 5) is 14.2. The molecular weight excluding hydrogens is 336 g/mol. The number of carbonyl (C=O) groups is 1. The summed E-state index contributed by atoms with van der Waals surface area (Å²) in [7, 11) is 1.61. The fraction of sp³-hybridized carbons (Fsp3) is 0.158. The molecule has 3 rings (SSSR count). The molecular formula is C19H18N2O3S. The predicted octanol–water partition coefficient (Wildman–Crippen LogP) is 3.36. The molecule has 0 aromatic heterocycles. The zero-order valence-corrected chi connectivity index (χ0v) is 14.8. The number of benzene rings is 2. The molecule has 5 nitrogen and oxygen atoms in total. The molecule has 1 N–H and O–H groups in total. The van der Waals surface area contributed by atoms with Crippen LogP contribution in [0.2, 0.25) is 0 Å². The van der Waals surface area contributed by atoms with Gasteiger partial charge in [-0.3, -0.25) is 9.69 Å². The van der Waals surface area contributed by atoms with Crippen molar-refractivity contribution in [1.29, 1.82) is 0 Å². The van der Waals surface area contributed by atoms with Crippen molar-refractivity contribution in [2.75, 3.05) is 18.6 Å². The van der Waals surface area contributed by atoms with Gasteiger partial charge in [0.1, 0.15) is 17.2 Å². The van der Waals surface area contributed by atoms with E-state index in [0.717, 1.165) is 17.1 Å². The highest BCUT2D eigenvalue weighted by Gasteiger charge is 2.31. The van der Waals surface area contributed by atoms with Crippen LogP contribution in [0.15, 0.2) is 54.2 Å². The van der Waals surface area contributed by atoms with Gasteiger partial charge >= 0.3 is 0 Å². The number of methoxy groups -OCH3 is 1. The highest BCUT2D eigenvalue weighted by Crippen LogP contribution is 2.25. The fourth-order valence-corrected chi connectivity index (χ4v) is 2.79. The minimum absolute atomic E-state index is 0.190. The zero-order chi connectivity index (χ0) is 17.8. The summed E-state index contributed by atoms with van der Waals surface area (Å²) in [5.41, 5.74) is 2.01. The molecule has 0 unspecified atom stereocenters. The summed E-state index contributed by atoms with van der Waals surface area (Å²) >= 11 is 5.32. The average molecular weight is 354 g/mol. The van der Waals surface area contributed by atoms with Gasteiger partial charge in [0.15, 0.2) is 5.11 Å². The Kier molecular flexibility index (Phi) is 5.00. The van der Waals surface area contributed by atoms with Gasteiger partial charge in [-0.2, -0.15) is 0 Å². The van der Waals surface area contributed by atoms with E-state index in [2.05, 4.69) is 5.32 Å². The molecule has 1 aliphatic heterocycles. The Morgan fingerprint density at radius 3 is 2.32 bits per heavy atom. The topological polar surface area (TPSA) is 50.8 Å². The van der Waals surface area contributed by atoms with Crippen LogP contribution < -0.4 is 19.7 Å². The lowest BCUT2D eigenvalue weighted by atomic mass is 10.2. The van der Waals surface area contributed by atoms with E-state index in [4.69, 9.17) is 21.7 Å². The number of carbonyl (C=O) groups excluding carboxylic acids is 1. The molecule has 1 heterocycles. The average Bonchev–Trinajstić information content (AvgIpc) is 2.90. The normalized spacial score (nSPS) is 15.4. The maximum atomic E-state index is 12.7. The second-order valence-electron chi connectivity index (χ2n) is 5.33. The molecule has 1 amide bonds. The molecule has 0 bridgehead atoms. The van der Waals surface area contributed by atoms with Gasteiger partial charge in [-0.15, -0.1) is 0 Å². The van der Waals surface area contributed by atoms with Crippen molar-refractivity contribution in [2.45, 2.75) is 6.92 Å². The van der Waals surface area contributed by atoms with Gasteiger partial charge in [0.2, 0.25) is 0 Å². The van der Waals surface area contributed by atoms with Gasteiger partial charge < -0.3 is 14.8 Å². The molecule has 25 heavy (non-hydrogen) atoms. The molecule has 0 atom stereocenters. The number of hydrogen-bond donors (Lipinski definition) is 1. The SMILES string of the molecule is CCOc1ccc(N2C(=O)C(=Cc3ccc(OC)cc3)NC2=S)cc1. The Hall–Kier alpha value is -2.86. The third-order valence-corrected chi connectivity index (χ3v) is 4.00. The van der Waals surface area contributed by atoms with Crippen LogP contribution in [-0.2, 0) is 4.79 Å². The van der Waals surface area contributed by atoms with E-state index in [1.807, 2.05) is 55.5 Å². The zero-order valence-electron chi connectivity index (χ0n) is 14.0. The second-order valence-corrected chi connectivity index (χ2v) is 5.72. The van der Waals surface area contributed by atoms with Crippen LogP contribution in [0.4, 0.5) is 5.69 Å². The van der Waals surface area contributed by atoms with Crippen molar-refractivity contribution >= 4 is 35.0 Å². The fourth-order valence-electron chi connectivity index (χ4n) is 2.49. The molecule has 1 aliphatic rings. The minimum Gasteiger partial charge on any atom is -0.497 e. The molecule has 128 valence electrons. The summed E-state index contributed by atoms with van der Waals surface area (Å²) in [6, 6.07) is 14.7. The monoisotopic (exact) mass is 354 g/mol. The first-order chi connectivity index (χ1) is 12.1. The highest BCUT2D eigenvalue weighted by atomic mass is 32.1. The molecule has 2 aromatic carbocycles. The minimum atomic E-state index is -0.190. The van der Waals surface area contributed by atoms with Crippen LogP contribution in [0.25, 0.3) is 6.08 Å². The number of rotatable bonds is 5. The summed E-state index contributed by atoms with van der Waals surface area (Å²) in [5, 5.41) is 3.33. The molecule has 1 fully saturated rings. The molecule has 0 aliphatic carbocycles. The van der Waals surface area contributed by atoms with Crippen molar-refractivity contribution in [3.8, 4) is 11.5 Å². The Labute approximate surface area is 151 Å². The van der Waals surface area contributed by atoms with Crippen LogP contribution in [0.1, 0.15) is 12.5 Å². The second kappa shape index (κ2) is 7.36. The highest BCUT2D eigenvalue weighted by molar-refractivity contribution is 7.80. The molecule has 0 radical (unpaired) electrons. The van der Waals surface area contributed by atoms with Crippen molar-refractivity contribution in [3.05, 3.63) is 59.8 Å². The van der Waals surface area contributed by atoms with Crippen LogP contribution in [-0.4, -0.2) is 24.7 Å². The van der Waals surface area contributed by atoms with Crippen molar-refractivity contribution in [1.82, 2.24) is 5.32 Å². The number of thiocarbonyl (C=S) groups is 1. The summed E-state index contributed by atoms with van der Waals surface area (Å²) in [6.45, 7) is 2.52. The summed E-state index contributed by atoms with van der Waals surface area (Å²) < 4.78 is 10.6. The van der Waals surface area contributed by atoms with Gasteiger partial charge in [0.05, 0.1) is 19.4 Å². The smallest absolute Gasteiger partial charge is 0.281 e. The number of ether oxygens (including phenoxy) is 2. The Balaban J connectivity index is 1.82. The Bertz CT molecular complexity index is 814. The molecule has 1 saturated heterocycles. The van der Waals surface area contributed by atoms with E-state index < -0.39 is 0 Å². The van der Waals surface area contributed by atoms with E-state index in [1.165, 1.54) is 4.90 Å². The van der Waals surface area contributed by atoms with Gasteiger partial charge in [-0.25, -0.2) is 0 Å². The van der Waals surface area contributed by atoms with Gasteiger partial charge in [0, 0.05) is 0 Å². The van der Waals surface area contributed by atoms with E-state index >= 15 is 0 Å². The van der Waals surface area contributed by atoms with Crippen LogP contribution in [0.3, 0.4) is 0 Å². The number of anilines is 1. The molecule has 0 saturated carbocycles. The number of nitrogens with zero attached hydrogens (tertiary/aromatic N) is 1. The number of amides is 1. The lowest BCUT2D eigenvalue weighted by molar-refractivity contribution is -0.113. The lowest BCUT2D eigenvalue weighted by Gasteiger charge is -2.14. The summed E-state index contributed by atoms with van der Waals surface area (Å²) in [5.74, 6) is 1.33. The Morgan fingerprint density at radius 1 is 1.08 bits per heavy atom. The number of hydrogen-bond acceptors (Lipinski definition) is 4. The Morgan fingerprint density at radius 2 is 1.72 bits per heavy atom.